The maximum absolute atomic E-state index is 4.93. The summed E-state index contributed by atoms with van der Waals surface area (Å²) in [6.45, 7) is 0. The van der Waals surface area contributed by atoms with Gasteiger partial charge in [0.15, 0.2) is 17.5 Å². The Kier molecular flexibility index (Phi) is 6.64. The lowest BCUT2D eigenvalue weighted by molar-refractivity contribution is 0.550. The Bertz CT molecular complexity index is 2160. The average molecular weight is 604 g/mol. The number of aromatic nitrogens is 3. The minimum Gasteiger partial charge on any atom is -0.208 e. The molecule has 0 N–H and O–H groups in total. The van der Waals surface area contributed by atoms with Gasteiger partial charge < -0.3 is 0 Å². The summed E-state index contributed by atoms with van der Waals surface area (Å²) in [4.78, 5) is 14.7. The highest BCUT2D eigenvalue weighted by atomic mass is 15.0. The van der Waals surface area contributed by atoms with Crippen molar-refractivity contribution < 1.29 is 0 Å². The Morgan fingerprint density at radius 2 is 0.851 bits per heavy atom. The van der Waals surface area contributed by atoms with Crippen LogP contribution in [-0.4, -0.2) is 15.0 Å². The quantitative estimate of drug-likeness (QED) is 0.196. The summed E-state index contributed by atoms with van der Waals surface area (Å²) < 4.78 is 0. The van der Waals surface area contributed by atoms with Gasteiger partial charge in [0.05, 0.1) is 0 Å². The lowest BCUT2D eigenvalue weighted by Crippen LogP contribution is -2.20. The molecule has 0 amide bonds. The van der Waals surface area contributed by atoms with Gasteiger partial charge in [-0.3, -0.25) is 0 Å². The van der Waals surface area contributed by atoms with Crippen LogP contribution in [0.2, 0.25) is 0 Å². The third-order valence-electron chi connectivity index (χ3n) is 10.1. The van der Waals surface area contributed by atoms with Crippen LogP contribution in [0.5, 0.6) is 0 Å². The maximum Gasteiger partial charge on any atom is 0.164 e. The molecule has 1 fully saturated rings. The Labute approximate surface area is 275 Å². The van der Waals surface area contributed by atoms with Crippen molar-refractivity contribution in [3.8, 4) is 67.5 Å². The van der Waals surface area contributed by atoms with E-state index in [1.807, 2.05) is 60.7 Å². The second-order valence-electron chi connectivity index (χ2n) is 12.8. The summed E-state index contributed by atoms with van der Waals surface area (Å²) in [5.74, 6) is 2.02. The molecule has 2 aliphatic carbocycles. The Hall–Kier alpha value is -5.67. The van der Waals surface area contributed by atoms with Crippen molar-refractivity contribution in [2.45, 2.75) is 31.1 Å². The third-order valence-corrected chi connectivity index (χ3v) is 10.1. The van der Waals surface area contributed by atoms with Crippen molar-refractivity contribution in [3.63, 3.8) is 0 Å². The molecule has 0 bridgehead atoms. The van der Waals surface area contributed by atoms with Crippen LogP contribution in [0.4, 0.5) is 0 Å². The van der Waals surface area contributed by atoms with E-state index in [-0.39, 0.29) is 5.41 Å². The molecule has 224 valence electrons. The summed E-state index contributed by atoms with van der Waals surface area (Å²) >= 11 is 0. The Morgan fingerprint density at radius 3 is 1.43 bits per heavy atom. The van der Waals surface area contributed by atoms with Crippen molar-refractivity contribution >= 4 is 0 Å². The highest BCUT2D eigenvalue weighted by Gasteiger charge is 2.45. The van der Waals surface area contributed by atoms with Crippen LogP contribution < -0.4 is 0 Å². The van der Waals surface area contributed by atoms with E-state index in [4.69, 9.17) is 15.0 Å². The topological polar surface area (TPSA) is 38.7 Å². The van der Waals surface area contributed by atoms with Crippen molar-refractivity contribution in [1.29, 1.82) is 0 Å². The molecule has 9 rings (SSSR count). The zero-order valence-corrected chi connectivity index (χ0v) is 26.1. The van der Waals surface area contributed by atoms with E-state index in [1.165, 1.54) is 70.2 Å². The molecule has 3 heteroatoms. The molecule has 0 aliphatic heterocycles. The fraction of sp³-hybridized carbons (Fsp3) is 0.114. The summed E-state index contributed by atoms with van der Waals surface area (Å²) in [5, 5.41) is 0. The summed E-state index contributed by atoms with van der Waals surface area (Å²) in [7, 11) is 0. The number of hydrogen-bond donors (Lipinski definition) is 0. The summed E-state index contributed by atoms with van der Waals surface area (Å²) in [5.41, 5.74) is 13.9. The van der Waals surface area contributed by atoms with Crippen molar-refractivity contribution in [2.75, 3.05) is 0 Å². The molecule has 47 heavy (non-hydrogen) atoms. The van der Waals surface area contributed by atoms with Gasteiger partial charge in [-0.2, -0.15) is 0 Å². The third kappa shape index (κ3) is 4.70. The molecular weight excluding hydrogens is 571 g/mol. The van der Waals surface area contributed by atoms with Gasteiger partial charge >= 0.3 is 0 Å². The van der Waals surface area contributed by atoms with Gasteiger partial charge in [-0.1, -0.05) is 158 Å². The normalized spacial score (nSPS) is 14.2. The fourth-order valence-electron chi connectivity index (χ4n) is 7.85. The lowest BCUT2D eigenvalue weighted by atomic mass is 9.76. The van der Waals surface area contributed by atoms with Gasteiger partial charge in [0, 0.05) is 22.1 Å². The SMILES string of the molecule is c1ccc(-c2nc(-c3ccccc3)nc(-c3ccc(-c4ccc5c(c4)C4(CCCC4)c4cccc(-c6ccccc6)c4-5)cc3)n2)cc1. The van der Waals surface area contributed by atoms with Gasteiger partial charge in [-0.25, -0.2) is 15.0 Å². The molecule has 1 aromatic heterocycles. The molecule has 0 saturated heterocycles. The highest BCUT2D eigenvalue weighted by molar-refractivity contribution is 5.94. The van der Waals surface area contributed by atoms with Crippen molar-refractivity contribution in [2.24, 2.45) is 0 Å². The molecule has 0 unspecified atom stereocenters. The van der Waals surface area contributed by atoms with Crippen LogP contribution in [0.1, 0.15) is 36.8 Å². The molecule has 6 aromatic carbocycles. The molecule has 0 radical (unpaired) electrons. The number of hydrogen-bond acceptors (Lipinski definition) is 3. The minimum atomic E-state index is 0.0952. The molecule has 1 saturated carbocycles. The highest BCUT2D eigenvalue weighted by Crippen LogP contribution is 2.59. The maximum atomic E-state index is 4.93. The number of nitrogens with zero attached hydrogens (tertiary/aromatic N) is 3. The van der Waals surface area contributed by atoms with Gasteiger partial charge in [0.25, 0.3) is 0 Å². The van der Waals surface area contributed by atoms with Crippen LogP contribution in [0.3, 0.4) is 0 Å². The standard InChI is InChI=1S/C44H33N3/c1-4-13-31(14-5-1)36-19-12-20-38-40(36)37-26-25-35(29-39(37)44(38)27-10-11-28-44)30-21-23-34(24-22-30)43-46-41(32-15-6-2-7-16-32)45-42(47-43)33-17-8-3-9-18-33/h1-9,12-26,29H,10-11,27-28H2. The molecule has 2 aliphatic rings. The second-order valence-corrected chi connectivity index (χ2v) is 12.8. The van der Waals surface area contributed by atoms with Crippen molar-refractivity contribution in [1.82, 2.24) is 15.0 Å². The van der Waals surface area contributed by atoms with E-state index in [1.54, 1.807) is 0 Å². The molecular formula is C44H33N3. The van der Waals surface area contributed by atoms with Crippen LogP contribution in [0.15, 0.2) is 152 Å². The first-order valence-corrected chi connectivity index (χ1v) is 16.6. The lowest BCUT2D eigenvalue weighted by Gasteiger charge is -2.27. The first-order valence-electron chi connectivity index (χ1n) is 16.6. The number of benzene rings is 6. The summed E-state index contributed by atoms with van der Waals surface area (Å²) in [6.07, 6.45) is 4.96. The van der Waals surface area contributed by atoms with Gasteiger partial charge in [0.2, 0.25) is 0 Å². The minimum absolute atomic E-state index is 0.0952. The fourth-order valence-corrected chi connectivity index (χ4v) is 7.85. The average Bonchev–Trinajstić information content (AvgIpc) is 3.76. The Balaban J connectivity index is 1.12. The van der Waals surface area contributed by atoms with E-state index < -0.39 is 0 Å². The smallest absolute Gasteiger partial charge is 0.164 e. The van der Waals surface area contributed by atoms with Crippen LogP contribution in [0.25, 0.3) is 67.5 Å². The molecule has 7 aromatic rings. The van der Waals surface area contributed by atoms with E-state index in [0.717, 1.165) is 16.7 Å². The molecule has 0 atom stereocenters. The molecule has 1 heterocycles. The van der Waals surface area contributed by atoms with Crippen molar-refractivity contribution in [3.05, 3.63) is 163 Å². The largest absolute Gasteiger partial charge is 0.208 e. The monoisotopic (exact) mass is 603 g/mol. The second kappa shape index (κ2) is 11.3. The number of rotatable bonds is 5. The van der Waals surface area contributed by atoms with Crippen LogP contribution in [-0.2, 0) is 5.41 Å². The Morgan fingerprint density at radius 1 is 0.362 bits per heavy atom. The zero-order chi connectivity index (χ0) is 31.2. The van der Waals surface area contributed by atoms with E-state index >= 15 is 0 Å². The van der Waals surface area contributed by atoms with Gasteiger partial charge in [-0.15, -0.1) is 0 Å². The van der Waals surface area contributed by atoms with Gasteiger partial charge in [-0.05, 0) is 63.4 Å². The van der Waals surface area contributed by atoms with E-state index in [0.29, 0.717) is 17.5 Å². The van der Waals surface area contributed by atoms with Crippen LogP contribution in [0, 0.1) is 0 Å². The zero-order valence-electron chi connectivity index (χ0n) is 26.1. The molecule has 1 spiro atoms. The van der Waals surface area contributed by atoms with Gasteiger partial charge in [0.1, 0.15) is 0 Å². The predicted octanol–water partition coefficient (Wildman–Crippen LogP) is 11.0. The molecule has 3 nitrogen and oxygen atoms in total. The van der Waals surface area contributed by atoms with E-state index in [2.05, 4.69) is 91.0 Å². The number of fused-ring (bicyclic) bond motifs is 5. The van der Waals surface area contributed by atoms with E-state index in [9.17, 15) is 0 Å². The predicted molar refractivity (Wildman–Crippen MR) is 192 cm³/mol. The first kappa shape index (κ1) is 27.6. The summed E-state index contributed by atoms with van der Waals surface area (Å²) in [6, 6.07) is 54.0. The first-order chi connectivity index (χ1) is 23.3. The van der Waals surface area contributed by atoms with Crippen LogP contribution >= 0.6 is 0 Å².